The zero-order valence-corrected chi connectivity index (χ0v) is 10.6. The van der Waals surface area contributed by atoms with Gasteiger partial charge in [-0.25, -0.2) is 0 Å². The maximum atomic E-state index is 9.72. The van der Waals surface area contributed by atoms with E-state index in [1.807, 2.05) is 0 Å². The van der Waals surface area contributed by atoms with E-state index >= 15 is 0 Å². The molecular formula is C9H16O8P+. The fourth-order valence-electron chi connectivity index (χ4n) is 0.871. The van der Waals surface area contributed by atoms with Gasteiger partial charge in [-0.15, -0.1) is 9.42 Å². The summed E-state index contributed by atoms with van der Waals surface area (Å²) in [5, 5.41) is 7.97. The number of aliphatic carboxylic acids is 1. The average Bonchev–Trinajstić information content (AvgIpc) is 3.12. The van der Waals surface area contributed by atoms with E-state index in [2.05, 4.69) is 4.52 Å². The minimum absolute atomic E-state index is 0.221. The molecule has 104 valence electrons. The molecule has 2 heterocycles. The second-order valence-electron chi connectivity index (χ2n) is 3.66. The third kappa shape index (κ3) is 10.5. The van der Waals surface area contributed by atoms with Gasteiger partial charge in [0.15, 0.2) is 0 Å². The van der Waals surface area contributed by atoms with Gasteiger partial charge in [0.1, 0.15) is 18.8 Å². The molecule has 2 saturated heterocycles. The number of epoxide rings is 2. The van der Waals surface area contributed by atoms with Gasteiger partial charge in [-0.05, 0) is 0 Å². The Morgan fingerprint density at radius 2 is 1.78 bits per heavy atom. The molecule has 0 spiro atoms. The first kappa shape index (κ1) is 15.4. The van der Waals surface area contributed by atoms with Crippen LogP contribution in [0, 0.1) is 0 Å². The molecule has 0 aromatic carbocycles. The quantitative estimate of drug-likeness (QED) is 0.469. The van der Waals surface area contributed by atoms with Crippen molar-refractivity contribution in [2.75, 3.05) is 33.0 Å². The molecule has 2 fully saturated rings. The monoisotopic (exact) mass is 283 g/mol. The first-order chi connectivity index (χ1) is 8.58. The summed E-state index contributed by atoms with van der Waals surface area (Å²) in [4.78, 5) is 17.7. The fourth-order valence-corrected chi connectivity index (χ4v) is 1.12. The van der Waals surface area contributed by atoms with Gasteiger partial charge in [0.25, 0.3) is 0 Å². The normalized spacial score (nSPS) is 24.8. The zero-order valence-electron chi connectivity index (χ0n) is 9.69. The molecule has 0 radical (unpaired) electrons. The number of carboxylic acids is 1. The van der Waals surface area contributed by atoms with Gasteiger partial charge in [0.2, 0.25) is 0 Å². The van der Waals surface area contributed by atoms with Crippen LogP contribution in [0.2, 0.25) is 0 Å². The van der Waals surface area contributed by atoms with Crippen molar-refractivity contribution in [3.05, 3.63) is 0 Å². The smallest absolute Gasteiger partial charge is 0.481 e. The highest BCUT2D eigenvalue weighted by Crippen LogP contribution is 2.13. The second-order valence-corrected chi connectivity index (χ2v) is 4.40. The molecule has 0 saturated carbocycles. The molecule has 2 N–H and O–H groups in total. The Bertz CT molecular complexity index is 250. The minimum atomic E-state index is -2.64. The molecule has 0 aromatic rings. The number of hydrogen-bond donors (Lipinski definition) is 2. The molecular weight excluding hydrogens is 267 g/mol. The molecule has 3 unspecified atom stereocenters. The van der Waals surface area contributed by atoms with E-state index in [-0.39, 0.29) is 13.0 Å². The maximum absolute atomic E-state index is 9.72. The molecule has 2 aliphatic rings. The predicted octanol–water partition coefficient (Wildman–Crippen LogP) is -0.0720. The van der Waals surface area contributed by atoms with E-state index < -0.39 is 14.2 Å². The summed E-state index contributed by atoms with van der Waals surface area (Å²) in [6.45, 7) is 3.04. The Kier molecular flexibility index (Phi) is 7.26. The Balaban J connectivity index is 0.000000180. The molecule has 0 bridgehead atoms. The van der Waals surface area contributed by atoms with Crippen molar-refractivity contribution in [3.8, 4) is 0 Å². The van der Waals surface area contributed by atoms with Crippen LogP contribution in [0.1, 0.15) is 6.42 Å². The number of rotatable bonds is 8. The van der Waals surface area contributed by atoms with Crippen molar-refractivity contribution in [1.29, 1.82) is 0 Å². The maximum Gasteiger partial charge on any atom is 0.694 e. The summed E-state index contributed by atoms with van der Waals surface area (Å²) in [5.41, 5.74) is 0. The van der Waals surface area contributed by atoms with E-state index in [0.29, 0.717) is 12.2 Å². The Hall–Kier alpha value is -0.630. The highest BCUT2D eigenvalue weighted by molar-refractivity contribution is 7.32. The van der Waals surface area contributed by atoms with Crippen molar-refractivity contribution in [2.24, 2.45) is 0 Å². The average molecular weight is 283 g/mol. The van der Waals surface area contributed by atoms with Crippen LogP contribution < -0.4 is 0 Å². The van der Waals surface area contributed by atoms with Crippen molar-refractivity contribution >= 4 is 14.2 Å². The van der Waals surface area contributed by atoms with Gasteiger partial charge in [-0.1, -0.05) is 0 Å². The topological polar surface area (TPSA) is 118 Å². The van der Waals surface area contributed by atoms with Gasteiger partial charge in [-0.2, -0.15) is 0 Å². The van der Waals surface area contributed by atoms with Crippen LogP contribution in [0.25, 0.3) is 0 Å². The van der Waals surface area contributed by atoms with E-state index in [1.54, 1.807) is 0 Å². The van der Waals surface area contributed by atoms with Crippen LogP contribution in [-0.4, -0.2) is 61.2 Å². The lowest BCUT2D eigenvalue weighted by Gasteiger charge is -1.95. The van der Waals surface area contributed by atoms with Crippen LogP contribution in [0.3, 0.4) is 0 Å². The predicted molar refractivity (Wildman–Crippen MR) is 58.3 cm³/mol. The standard InChI is InChI=1S/C6H10O3.C3H5O5P/c1(5-3-8-5)7-2-6-4-9-6;4-3(5)1-2-8-9(6)7/h5-6H,1-4H2;1-2H2,(H-,4,5,6,7)/p+1. The number of carboxylic acid groups (broad SMARTS) is 1. The van der Waals surface area contributed by atoms with Crippen LogP contribution >= 0.6 is 8.25 Å². The highest BCUT2D eigenvalue weighted by atomic mass is 31.1. The Morgan fingerprint density at radius 3 is 2.11 bits per heavy atom. The summed E-state index contributed by atoms with van der Waals surface area (Å²) >= 11 is 0. The van der Waals surface area contributed by atoms with Crippen LogP contribution in [-0.2, 0) is 28.1 Å². The van der Waals surface area contributed by atoms with Crippen LogP contribution in [0.4, 0.5) is 0 Å². The first-order valence-corrected chi connectivity index (χ1v) is 6.52. The summed E-state index contributed by atoms with van der Waals surface area (Å²) in [5.74, 6) is -1.05. The number of carbonyl (C=O) groups is 1. The van der Waals surface area contributed by atoms with E-state index in [4.69, 9.17) is 24.2 Å². The van der Waals surface area contributed by atoms with Gasteiger partial charge < -0.3 is 19.3 Å². The lowest BCUT2D eigenvalue weighted by molar-refractivity contribution is -0.137. The molecule has 0 aromatic heterocycles. The van der Waals surface area contributed by atoms with Crippen molar-refractivity contribution in [1.82, 2.24) is 0 Å². The lowest BCUT2D eigenvalue weighted by atomic mass is 10.5. The van der Waals surface area contributed by atoms with E-state index in [1.165, 1.54) is 0 Å². The Morgan fingerprint density at radius 1 is 1.28 bits per heavy atom. The molecule has 2 rings (SSSR count). The number of hydrogen-bond acceptors (Lipinski definition) is 6. The van der Waals surface area contributed by atoms with Crippen LogP contribution in [0.15, 0.2) is 0 Å². The number of ether oxygens (including phenoxy) is 3. The Labute approximate surface area is 105 Å². The molecule has 2 aliphatic heterocycles. The fraction of sp³-hybridized carbons (Fsp3) is 0.889. The third-order valence-electron chi connectivity index (χ3n) is 1.93. The van der Waals surface area contributed by atoms with E-state index in [0.717, 1.165) is 26.4 Å². The zero-order chi connectivity index (χ0) is 13.4. The molecule has 18 heavy (non-hydrogen) atoms. The lowest BCUT2D eigenvalue weighted by Crippen LogP contribution is -2.06. The van der Waals surface area contributed by atoms with Gasteiger partial charge >= 0.3 is 14.2 Å². The van der Waals surface area contributed by atoms with Crippen molar-refractivity contribution < 1.29 is 38.1 Å². The third-order valence-corrected chi connectivity index (χ3v) is 2.33. The second kappa shape index (κ2) is 8.47. The summed E-state index contributed by atoms with van der Waals surface area (Å²) in [6, 6.07) is 0. The minimum Gasteiger partial charge on any atom is -0.481 e. The molecule has 0 aliphatic carbocycles. The molecule has 9 heteroatoms. The van der Waals surface area contributed by atoms with Gasteiger partial charge in [-0.3, -0.25) is 4.79 Å². The molecule has 0 amide bonds. The van der Waals surface area contributed by atoms with Gasteiger partial charge in [0, 0.05) is 4.57 Å². The summed E-state index contributed by atoms with van der Waals surface area (Å²) in [6.07, 6.45) is 0.536. The summed E-state index contributed by atoms with van der Waals surface area (Å²) in [7, 11) is -2.64. The largest absolute Gasteiger partial charge is 0.694 e. The van der Waals surface area contributed by atoms with E-state index in [9.17, 15) is 9.36 Å². The van der Waals surface area contributed by atoms with Crippen LogP contribution in [0.5, 0.6) is 0 Å². The first-order valence-electron chi connectivity index (χ1n) is 5.39. The molecule has 8 nitrogen and oxygen atoms in total. The van der Waals surface area contributed by atoms with Crippen molar-refractivity contribution in [2.45, 2.75) is 18.6 Å². The van der Waals surface area contributed by atoms with Crippen molar-refractivity contribution in [3.63, 3.8) is 0 Å². The SMILES string of the molecule is C(OCC1CO1)C1CO1.O=C(O)CCO[P+](=O)O. The highest BCUT2D eigenvalue weighted by Gasteiger charge is 2.26. The van der Waals surface area contributed by atoms with Gasteiger partial charge in [0.05, 0.1) is 32.8 Å². The summed E-state index contributed by atoms with van der Waals surface area (Å²) < 4.78 is 28.9. The molecule has 3 atom stereocenters.